The molecule has 26 heavy (non-hydrogen) atoms. The molecule has 144 valence electrons. The highest BCUT2D eigenvalue weighted by molar-refractivity contribution is 5.87. The lowest BCUT2D eigenvalue weighted by molar-refractivity contribution is -0.147. The van der Waals surface area contributed by atoms with Gasteiger partial charge in [0.1, 0.15) is 17.1 Å². The van der Waals surface area contributed by atoms with Crippen LogP contribution in [0.3, 0.4) is 0 Å². The van der Waals surface area contributed by atoms with Gasteiger partial charge in [-0.1, -0.05) is 25.7 Å². The molecule has 1 aromatic heterocycles. The van der Waals surface area contributed by atoms with Gasteiger partial charge in [-0.3, -0.25) is 9.69 Å². The van der Waals surface area contributed by atoms with Crippen molar-refractivity contribution < 1.29 is 9.21 Å². The van der Waals surface area contributed by atoms with E-state index in [2.05, 4.69) is 4.90 Å². The summed E-state index contributed by atoms with van der Waals surface area (Å²) >= 11 is 0. The van der Waals surface area contributed by atoms with Gasteiger partial charge < -0.3 is 15.1 Å². The van der Waals surface area contributed by atoms with E-state index >= 15 is 0 Å². The van der Waals surface area contributed by atoms with Crippen molar-refractivity contribution in [2.45, 2.75) is 75.8 Å². The summed E-state index contributed by atoms with van der Waals surface area (Å²) in [4.78, 5) is 18.3. The van der Waals surface area contributed by atoms with Crippen LogP contribution in [-0.4, -0.2) is 53.5 Å². The number of carbonyl (C=O) groups excluding carboxylic acids is 1. The molecule has 1 aromatic rings. The first-order valence-electron chi connectivity index (χ1n) is 10.5. The van der Waals surface area contributed by atoms with Crippen molar-refractivity contribution in [2.24, 2.45) is 5.73 Å². The molecule has 0 radical (unpaired) electrons. The number of piperidine rings is 1. The SMILES string of the molecule is Cc1ccc([C@H]2CN(C(=O)C3(N4CCCCC4)CCCCC3)C[C@@H]2N)o1. The molecular formula is C21H33N3O2. The topological polar surface area (TPSA) is 62.7 Å². The van der Waals surface area contributed by atoms with Gasteiger partial charge in [0.2, 0.25) is 5.91 Å². The number of carbonyl (C=O) groups is 1. The number of amides is 1. The fraction of sp³-hybridized carbons (Fsp3) is 0.762. The van der Waals surface area contributed by atoms with Crippen molar-refractivity contribution in [3.05, 3.63) is 23.7 Å². The van der Waals surface area contributed by atoms with Crippen LogP contribution in [0.15, 0.2) is 16.5 Å². The molecule has 3 aliphatic rings. The maximum Gasteiger partial charge on any atom is 0.243 e. The van der Waals surface area contributed by atoms with E-state index in [4.69, 9.17) is 10.2 Å². The van der Waals surface area contributed by atoms with Crippen LogP contribution in [-0.2, 0) is 4.79 Å². The molecule has 5 nitrogen and oxygen atoms in total. The molecule has 1 saturated carbocycles. The zero-order chi connectivity index (χ0) is 18.1. The molecule has 3 heterocycles. The zero-order valence-electron chi connectivity index (χ0n) is 16.1. The first kappa shape index (κ1) is 18.1. The predicted molar refractivity (Wildman–Crippen MR) is 102 cm³/mol. The largest absolute Gasteiger partial charge is 0.466 e. The molecular weight excluding hydrogens is 326 g/mol. The number of aryl methyl sites for hydroxylation is 1. The van der Waals surface area contributed by atoms with Crippen molar-refractivity contribution in [1.82, 2.24) is 9.80 Å². The summed E-state index contributed by atoms with van der Waals surface area (Å²) in [6.45, 7) is 5.46. The van der Waals surface area contributed by atoms with Crippen LogP contribution in [0, 0.1) is 6.92 Å². The highest BCUT2D eigenvalue weighted by Gasteiger charge is 2.49. The molecule has 0 unspecified atom stereocenters. The van der Waals surface area contributed by atoms with Crippen LogP contribution in [0.25, 0.3) is 0 Å². The quantitative estimate of drug-likeness (QED) is 0.901. The van der Waals surface area contributed by atoms with E-state index in [1.165, 1.54) is 38.5 Å². The minimum absolute atomic E-state index is 0.0357. The second-order valence-corrected chi connectivity index (χ2v) is 8.57. The number of hydrogen-bond donors (Lipinski definition) is 1. The Hall–Kier alpha value is -1.33. The minimum atomic E-state index is -0.271. The Balaban J connectivity index is 1.54. The Kier molecular flexibility index (Phi) is 5.11. The highest BCUT2D eigenvalue weighted by atomic mass is 16.3. The van der Waals surface area contributed by atoms with E-state index in [1.54, 1.807) is 0 Å². The first-order valence-corrected chi connectivity index (χ1v) is 10.5. The molecule has 0 spiro atoms. The lowest BCUT2D eigenvalue weighted by Gasteiger charge is -2.48. The molecule has 0 bridgehead atoms. The summed E-state index contributed by atoms with van der Waals surface area (Å²) in [6, 6.07) is 3.98. The molecule has 2 saturated heterocycles. The maximum atomic E-state index is 13.7. The van der Waals surface area contributed by atoms with Gasteiger partial charge in [0, 0.05) is 19.1 Å². The van der Waals surface area contributed by atoms with E-state index in [1.807, 2.05) is 24.0 Å². The fourth-order valence-corrected chi connectivity index (χ4v) is 5.37. The van der Waals surface area contributed by atoms with Crippen LogP contribution in [0.1, 0.15) is 68.8 Å². The standard InChI is InChI=1S/C21H33N3O2/c1-16-8-9-19(26-16)17-14-23(15-18(17)22)20(25)21(10-4-2-5-11-21)24-12-6-3-7-13-24/h8-9,17-18H,2-7,10-15,22H2,1H3/t17-,18-/m0/s1. The third kappa shape index (κ3) is 3.20. The van der Waals surface area contributed by atoms with Gasteiger partial charge in [-0.2, -0.15) is 0 Å². The summed E-state index contributed by atoms with van der Waals surface area (Å²) in [6.07, 6.45) is 9.38. The molecule has 5 heteroatoms. The number of likely N-dealkylation sites (tertiary alicyclic amines) is 2. The number of furan rings is 1. The molecule has 4 rings (SSSR count). The highest BCUT2D eigenvalue weighted by Crippen LogP contribution is 2.39. The van der Waals surface area contributed by atoms with Crippen molar-refractivity contribution in [3.8, 4) is 0 Å². The average Bonchev–Trinajstić information content (AvgIpc) is 3.28. The first-order chi connectivity index (χ1) is 12.6. The second kappa shape index (κ2) is 7.35. The normalized spacial score (nSPS) is 29.8. The molecule has 3 fully saturated rings. The lowest BCUT2D eigenvalue weighted by atomic mass is 9.78. The molecule has 2 N–H and O–H groups in total. The number of nitrogens with zero attached hydrogens (tertiary/aromatic N) is 2. The Bertz CT molecular complexity index is 629. The second-order valence-electron chi connectivity index (χ2n) is 8.57. The molecule has 2 aliphatic heterocycles. The van der Waals surface area contributed by atoms with Crippen LogP contribution in [0.2, 0.25) is 0 Å². The van der Waals surface area contributed by atoms with Gasteiger partial charge in [0.05, 0.1) is 5.92 Å². The van der Waals surface area contributed by atoms with E-state index in [0.717, 1.165) is 37.5 Å². The Morgan fingerprint density at radius 2 is 1.77 bits per heavy atom. The predicted octanol–water partition coefficient (Wildman–Crippen LogP) is 3.03. The molecule has 0 aromatic carbocycles. The Morgan fingerprint density at radius 3 is 2.42 bits per heavy atom. The summed E-state index contributed by atoms with van der Waals surface area (Å²) in [5.41, 5.74) is 6.16. The maximum absolute atomic E-state index is 13.7. The lowest BCUT2D eigenvalue weighted by Crippen LogP contribution is -2.61. The van der Waals surface area contributed by atoms with Crippen molar-refractivity contribution in [1.29, 1.82) is 0 Å². The van der Waals surface area contributed by atoms with Gasteiger partial charge in [0.25, 0.3) is 0 Å². The van der Waals surface area contributed by atoms with Gasteiger partial charge in [-0.25, -0.2) is 0 Å². The summed E-state index contributed by atoms with van der Waals surface area (Å²) in [5, 5.41) is 0. The summed E-state index contributed by atoms with van der Waals surface area (Å²) in [7, 11) is 0. The van der Waals surface area contributed by atoms with Crippen molar-refractivity contribution in [2.75, 3.05) is 26.2 Å². The monoisotopic (exact) mass is 359 g/mol. The van der Waals surface area contributed by atoms with Crippen LogP contribution in [0.5, 0.6) is 0 Å². The smallest absolute Gasteiger partial charge is 0.243 e. The average molecular weight is 360 g/mol. The van der Waals surface area contributed by atoms with Crippen molar-refractivity contribution >= 4 is 5.91 Å². The van der Waals surface area contributed by atoms with Gasteiger partial charge >= 0.3 is 0 Å². The van der Waals surface area contributed by atoms with E-state index in [0.29, 0.717) is 19.0 Å². The van der Waals surface area contributed by atoms with Gasteiger partial charge in [0.15, 0.2) is 0 Å². The van der Waals surface area contributed by atoms with E-state index < -0.39 is 0 Å². The van der Waals surface area contributed by atoms with Gasteiger partial charge in [-0.15, -0.1) is 0 Å². The van der Waals surface area contributed by atoms with Gasteiger partial charge in [-0.05, 0) is 57.8 Å². The fourth-order valence-electron chi connectivity index (χ4n) is 5.37. The van der Waals surface area contributed by atoms with Crippen LogP contribution in [0.4, 0.5) is 0 Å². The summed E-state index contributed by atoms with van der Waals surface area (Å²) < 4.78 is 5.82. The van der Waals surface area contributed by atoms with Crippen LogP contribution < -0.4 is 5.73 Å². The molecule has 1 amide bonds. The minimum Gasteiger partial charge on any atom is -0.466 e. The van der Waals surface area contributed by atoms with Crippen molar-refractivity contribution in [3.63, 3.8) is 0 Å². The number of nitrogens with two attached hydrogens (primary N) is 1. The number of rotatable bonds is 3. The zero-order valence-corrected chi connectivity index (χ0v) is 16.1. The van der Waals surface area contributed by atoms with Crippen LogP contribution >= 0.6 is 0 Å². The molecule has 1 aliphatic carbocycles. The third-order valence-electron chi connectivity index (χ3n) is 6.82. The Morgan fingerprint density at radius 1 is 1.08 bits per heavy atom. The third-order valence-corrected chi connectivity index (χ3v) is 6.82. The van der Waals surface area contributed by atoms with E-state index in [-0.39, 0.29) is 17.5 Å². The molecule has 2 atom stereocenters. The number of hydrogen-bond acceptors (Lipinski definition) is 4. The Labute approximate surface area is 156 Å². The summed E-state index contributed by atoms with van der Waals surface area (Å²) in [5.74, 6) is 2.30. The van der Waals surface area contributed by atoms with E-state index in [9.17, 15) is 4.79 Å².